The van der Waals surface area contributed by atoms with Gasteiger partial charge in [-0.2, -0.15) is 0 Å². The van der Waals surface area contributed by atoms with E-state index in [9.17, 15) is 11.7 Å². The summed E-state index contributed by atoms with van der Waals surface area (Å²) in [6, 6.07) is 5.52. The number of hydrogen-bond acceptors (Lipinski definition) is 5. The van der Waals surface area contributed by atoms with Gasteiger partial charge in [0.1, 0.15) is 0 Å². The summed E-state index contributed by atoms with van der Waals surface area (Å²) in [5.74, 6) is 0. The van der Waals surface area contributed by atoms with E-state index >= 15 is 0 Å². The normalized spacial score (nSPS) is 12.6. The molecule has 0 bridgehead atoms. The Morgan fingerprint density at radius 2 is 0.953 bits per heavy atom. The summed E-state index contributed by atoms with van der Waals surface area (Å²) >= 11 is -5.47. The Morgan fingerprint density at radius 3 is 1.35 bits per heavy atom. The number of aryl methyl sites for hydroxylation is 1. The van der Waals surface area contributed by atoms with Crippen LogP contribution < -0.4 is 0 Å². The maximum atomic E-state index is 14.0. The molecule has 0 saturated carbocycles. The Hall–Kier alpha value is -0.396. The van der Waals surface area contributed by atoms with E-state index in [1.54, 1.807) is 33.8 Å². The molecule has 0 amide bonds. The molecule has 0 saturated heterocycles. The van der Waals surface area contributed by atoms with E-state index in [0.717, 1.165) is 43.2 Å². The number of hydrogen-bond donors (Lipinski definition) is 0. The molecule has 0 aliphatic rings. The number of unbranched alkanes of at least 4 members (excludes halogenated alkanes) is 18. The summed E-state index contributed by atoms with van der Waals surface area (Å²) in [6.07, 6.45) is 25.5. The van der Waals surface area contributed by atoms with Gasteiger partial charge in [0, 0.05) is 0 Å². The van der Waals surface area contributed by atoms with Crippen LogP contribution in [0.15, 0.2) is 23.1 Å². The third-order valence-electron chi connectivity index (χ3n) is 8.19. The van der Waals surface area contributed by atoms with E-state index < -0.39 is 35.7 Å². The molecule has 0 heterocycles. The van der Waals surface area contributed by atoms with Crippen molar-refractivity contribution in [1.82, 2.24) is 0 Å². The van der Waals surface area contributed by atoms with Crippen LogP contribution in [0.5, 0.6) is 0 Å². The van der Waals surface area contributed by atoms with Crippen molar-refractivity contribution >= 4 is 7.42 Å². The summed E-state index contributed by atoms with van der Waals surface area (Å²) in [7, 11) is -4.27. The predicted molar refractivity (Wildman–Crippen MR) is 178 cm³/mol. The molecule has 251 valence electrons. The summed E-state index contributed by atoms with van der Waals surface area (Å²) in [4.78, 5) is 0.171. The van der Waals surface area contributed by atoms with Crippen LogP contribution in [0.3, 0.4) is 0 Å². The second-order valence-corrected chi connectivity index (χ2v) is 21.4. The molecule has 1 aromatic carbocycles. The maximum absolute atomic E-state index is 14.0. The van der Waals surface area contributed by atoms with Gasteiger partial charge in [0.2, 0.25) is 0 Å². The van der Waals surface area contributed by atoms with Gasteiger partial charge in [0.25, 0.3) is 0 Å². The molecule has 0 spiro atoms. The molecule has 0 unspecified atom stereocenters. The number of benzene rings is 1. The second-order valence-electron chi connectivity index (χ2n) is 13.1. The molecule has 0 atom stereocenters. The van der Waals surface area contributed by atoms with Crippen LogP contribution in [0.25, 0.3) is 0 Å². The van der Waals surface area contributed by atoms with E-state index in [-0.39, 0.29) is 4.90 Å². The second kappa shape index (κ2) is 23.9. The van der Waals surface area contributed by atoms with Gasteiger partial charge in [-0.1, -0.05) is 46.0 Å². The molecule has 43 heavy (non-hydrogen) atoms. The fraction of sp³-hybridized carbons (Fsp3) is 0.833. The van der Waals surface area contributed by atoms with Crippen molar-refractivity contribution in [3.8, 4) is 0 Å². The first kappa shape index (κ1) is 40.6. The van der Waals surface area contributed by atoms with Crippen LogP contribution in [-0.2, 0) is 46.3 Å². The SMILES string of the molecule is CCCCCCCCCCCCc1cccc([S](=O)(=O)[Ti](=[O])([O]C(C)C)[O]C(C)C)c1CCCCCCCCCCCC. The van der Waals surface area contributed by atoms with Crippen LogP contribution in [-0.4, -0.2) is 20.6 Å². The van der Waals surface area contributed by atoms with Gasteiger partial charge < -0.3 is 0 Å². The van der Waals surface area contributed by atoms with E-state index in [2.05, 4.69) is 19.9 Å². The molecular formula is C36H67O5STi. The topological polar surface area (TPSA) is 69.7 Å². The van der Waals surface area contributed by atoms with Gasteiger partial charge in [-0.3, -0.25) is 0 Å². The summed E-state index contributed by atoms with van der Waals surface area (Å²) < 4.78 is 53.3. The standard InChI is InChI=1S/C30H53O2S.2C3H7O.O.Ti/c1-3-5-7-9-11-13-15-17-19-21-24-28-25-23-27-30(33(31)32)29(28)26-22-20-18-16-14-12-10-8-6-4-2;2*1-3(2)4;;/h23,25,27H,3-22,24,26H2,1-2H3;2*3H,1-2H3;;/q;2*-1;;+2. The fourth-order valence-electron chi connectivity index (χ4n) is 5.84. The van der Waals surface area contributed by atoms with Crippen molar-refractivity contribution in [2.24, 2.45) is 0 Å². The van der Waals surface area contributed by atoms with Gasteiger partial charge in [-0.15, -0.1) is 0 Å². The van der Waals surface area contributed by atoms with Crippen LogP contribution in [0, 0.1) is 0 Å². The Kier molecular flexibility index (Phi) is 22.6. The Morgan fingerprint density at radius 1 is 0.581 bits per heavy atom. The van der Waals surface area contributed by atoms with Crippen molar-refractivity contribution in [2.45, 2.75) is 200 Å². The van der Waals surface area contributed by atoms with Crippen LogP contribution in [0.4, 0.5) is 0 Å². The summed E-state index contributed by atoms with van der Waals surface area (Å²) in [5, 5.41) is 0. The Labute approximate surface area is 269 Å². The Balaban J connectivity index is 2.94. The molecule has 0 N–H and O–H groups in total. The van der Waals surface area contributed by atoms with Crippen molar-refractivity contribution in [1.29, 1.82) is 0 Å². The average molecular weight is 660 g/mol. The predicted octanol–water partition coefficient (Wildman–Crippen LogP) is 11.5. The molecule has 0 aliphatic heterocycles. The molecule has 7 heteroatoms. The van der Waals surface area contributed by atoms with Crippen molar-refractivity contribution in [3.05, 3.63) is 29.3 Å². The van der Waals surface area contributed by atoms with Crippen molar-refractivity contribution in [2.75, 3.05) is 0 Å². The summed E-state index contributed by atoms with van der Waals surface area (Å²) in [5.41, 5.74) is 1.92. The first-order chi connectivity index (χ1) is 20.6. The van der Waals surface area contributed by atoms with Crippen molar-refractivity contribution < 1.29 is 34.4 Å². The smallest absolute Gasteiger partial charge is 0.0654 e. The minimum absolute atomic E-state index is 0.171. The minimum atomic E-state index is -5.47. The van der Waals surface area contributed by atoms with Crippen LogP contribution in [0.1, 0.15) is 181 Å². The fourth-order valence-corrected chi connectivity index (χ4v) is 14.0. The first-order valence-corrected chi connectivity index (χ1v) is 23.3. The third-order valence-corrected chi connectivity index (χ3v) is 17.1. The molecule has 1 aromatic rings. The molecule has 0 radical (unpaired) electrons. The van der Waals surface area contributed by atoms with Crippen molar-refractivity contribution in [3.63, 3.8) is 0 Å². The first-order valence-electron chi connectivity index (χ1n) is 18.0. The van der Waals surface area contributed by atoms with E-state index in [1.165, 1.54) is 103 Å². The zero-order chi connectivity index (χ0) is 32.0. The number of rotatable bonds is 28. The minimum Gasteiger partial charge on any atom is -0.0654 e. The zero-order valence-electron chi connectivity index (χ0n) is 28.9. The van der Waals surface area contributed by atoms with E-state index in [1.807, 2.05) is 6.07 Å². The molecule has 0 fully saturated rings. The van der Waals surface area contributed by atoms with E-state index in [4.69, 9.17) is 6.64 Å². The van der Waals surface area contributed by atoms with Gasteiger partial charge in [0.05, 0.1) is 0 Å². The zero-order valence-corrected chi connectivity index (χ0v) is 31.3. The average Bonchev–Trinajstić information content (AvgIpc) is 2.94. The van der Waals surface area contributed by atoms with Gasteiger partial charge >= 0.3 is 225 Å². The van der Waals surface area contributed by atoms with Gasteiger partial charge in [0.15, 0.2) is 0 Å². The van der Waals surface area contributed by atoms with Crippen LogP contribution in [0.2, 0.25) is 0 Å². The Bertz CT molecular complexity index is 975. The monoisotopic (exact) mass is 659 g/mol. The molecule has 1 rings (SSSR count). The van der Waals surface area contributed by atoms with Gasteiger partial charge in [-0.25, -0.2) is 0 Å². The van der Waals surface area contributed by atoms with Gasteiger partial charge in [-0.05, 0) is 0 Å². The molecule has 0 aliphatic carbocycles. The molecular weight excluding hydrogens is 592 g/mol. The van der Waals surface area contributed by atoms with E-state index in [0.29, 0.717) is 6.42 Å². The quantitative estimate of drug-likeness (QED) is 0.0661. The molecule has 0 aromatic heterocycles. The van der Waals surface area contributed by atoms with Crippen LogP contribution >= 0.6 is 0 Å². The molecule has 5 nitrogen and oxygen atoms in total. The summed E-state index contributed by atoms with van der Waals surface area (Å²) in [6.45, 7) is 11.4. The third kappa shape index (κ3) is 16.7.